The molecule has 2 rings (SSSR count). The Hall–Kier alpha value is -1.34. The summed E-state index contributed by atoms with van der Waals surface area (Å²) in [6, 6.07) is 3.39. The first kappa shape index (κ1) is 16.0. The molecule has 0 aliphatic carbocycles. The number of amides is 2. The molecule has 0 bridgehead atoms. The van der Waals surface area contributed by atoms with Crippen LogP contribution in [-0.2, 0) is 9.53 Å². The highest BCUT2D eigenvalue weighted by molar-refractivity contribution is 9.10. The highest BCUT2D eigenvalue weighted by Crippen LogP contribution is 2.16. The van der Waals surface area contributed by atoms with Gasteiger partial charge in [0.1, 0.15) is 0 Å². The van der Waals surface area contributed by atoms with E-state index < -0.39 is 0 Å². The van der Waals surface area contributed by atoms with Crippen LogP contribution in [0.1, 0.15) is 29.8 Å². The number of halogens is 1. The quantitative estimate of drug-likeness (QED) is 0.870. The van der Waals surface area contributed by atoms with Gasteiger partial charge >= 0.3 is 0 Å². The molecule has 6 nitrogen and oxygen atoms in total. The predicted molar refractivity (Wildman–Crippen MR) is 80.0 cm³/mol. The molecular formula is C14H19BrN2O4. The topological polar surface area (TPSA) is 71.8 Å². The molecule has 2 amide bonds. The number of ether oxygens (including phenoxy) is 1. The van der Waals surface area contributed by atoms with E-state index in [0.717, 1.165) is 12.8 Å². The number of hydrogen-bond donors (Lipinski definition) is 1. The van der Waals surface area contributed by atoms with E-state index in [1.807, 2.05) is 4.90 Å². The summed E-state index contributed by atoms with van der Waals surface area (Å²) in [7, 11) is 1.59. The average Bonchev–Trinajstić information content (AvgIpc) is 2.92. The zero-order valence-electron chi connectivity index (χ0n) is 11.9. The Morgan fingerprint density at radius 1 is 1.43 bits per heavy atom. The van der Waals surface area contributed by atoms with E-state index in [2.05, 4.69) is 21.2 Å². The Labute approximate surface area is 131 Å². The summed E-state index contributed by atoms with van der Waals surface area (Å²) in [6.45, 7) is 1.77. The van der Waals surface area contributed by atoms with E-state index in [1.165, 1.54) is 0 Å². The number of carbonyl (C=O) groups excluding carboxylic acids is 2. The van der Waals surface area contributed by atoms with Gasteiger partial charge in [-0.1, -0.05) is 0 Å². The van der Waals surface area contributed by atoms with Crippen LogP contribution in [0, 0.1) is 0 Å². The van der Waals surface area contributed by atoms with Crippen molar-refractivity contribution in [3.8, 4) is 0 Å². The third kappa shape index (κ3) is 4.57. The first-order valence-electron chi connectivity index (χ1n) is 6.93. The van der Waals surface area contributed by atoms with Crippen LogP contribution in [0.4, 0.5) is 0 Å². The smallest absolute Gasteiger partial charge is 0.287 e. The van der Waals surface area contributed by atoms with Crippen LogP contribution in [0.5, 0.6) is 0 Å². The van der Waals surface area contributed by atoms with Crippen molar-refractivity contribution in [2.45, 2.75) is 25.3 Å². The molecule has 2 heterocycles. The van der Waals surface area contributed by atoms with Gasteiger partial charge in [-0.05, 0) is 40.9 Å². The number of hydrogen-bond acceptors (Lipinski definition) is 4. The maximum absolute atomic E-state index is 12.0. The molecule has 1 aromatic rings. The first-order valence-corrected chi connectivity index (χ1v) is 7.72. The van der Waals surface area contributed by atoms with Crippen molar-refractivity contribution < 1.29 is 18.7 Å². The van der Waals surface area contributed by atoms with Gasteiger partial charge in [-0.3, -0.25) is 9.59 Å². The molecule has 21 heavy (non-hydrogen) atoms. The van der Waals surface area contributed by atoms with E-state index in [4.69, 9.17) is 9.15 Å². The fourth-order valence-corrected chi connectivity index (χ4v) is 2.62. The number of carbonyl (C=O) groups is 2. The summed E-state index contributed by atoms with van der Waals surface area (Å²) < 4.78 is 10.7. The molecule has 116 valence electrons. The third-order valence-corrected chi connectivity index (χ3v) is 3.93. The van der Waals surface area contributed by atoms with E-state index >= 15 is 0 Å². The van der Waals surface area contributed by atoms with Crippen LogP contribution in [0.3, 0.4) is 0 Å². The van der Waals surface area contributed by atoms with Crippen LogP contribution in [0.2, 0.25) is 0 Å². The third-order valence-electron chi connectivity index (χ3n) is 3.50. The normalized spacial score (nSPS) is 16.0. The molecule has 0 atom stereocenters. The zero-order chi connectivity index (χ0) is 15.2. The first-order chi connectivity index (χ1) is 10.1. The van der Waals surface area contributed by atoms with Crippen molar-refractivity contribution in [2.75, 3.05) is 26.8 Å². The minimum Gasteiger partial charge on any atom is -0.444 e. The number of furan rings is 1. The Morgan fingerprint density at radius 3 is 2.71 bits per heavy atom. The minimum atomic E-state index is -0.218. The van der Waals surface area contributed by atoms with Gasteiger partial charge in [-0.2, -0.15) is 0 Å². The lowest BCUT2D eigenvalue weighted by Crippen LogP contribution is -2.46. The van der Waals surface area contributed by atoms with Gasteiger partial charge in [-0.25, -0.2) is 0 Å². The molecule has 0 spiro atoms. The molecule has 0 radical (unpaired) electrons. The fraction of sp³-hybridized carbons (Fsp3) is 0.571. The molecule has 1 aliphatic rings. The van der Waals surface area contributed by atoms with Crippen molar-refractivity contribution >= 4 is 27.7 Å². The van der Waals surface area contributed by atoms with Crippen molar-refractivity contribution in [2.24, 2.45) is 0 Å². The summed E-state index contributed by atoms with van der Waals surface area (Å²) in [5, 5.41) is 2.93. The Morgan fingerprint density at radius 2 is 2.14 bits per heavy atom. The molecular weight excluding hydrogens is 340 g/mol. The molecule has 1 saturated heterocycles. The fourth-order valence-electron chi connectivity index (χ4n) is 2.31. The molecule has 1 N–H and O–H groups in total. The van der Waals surface area contributed by atoms with Gasteiger partial charge < -0.3 is 19.4 Å². The largest absolute Gasteiger partial charge is 0.444 e. The monoisotopic (exact) mass is 358 g/mol. The van der Waals surface area contributed by atoms with E-state index in [9.17, 15) is 9.59 Å². The second-order valence-electron chi connectivity index (χ2n) is 4.98. The highest BCUT2D eigenvalue weighted by atomic mass is 79.9. The van der Waals surface area contributed by atoms with Crippen LogP contribution in [0.25, 0.3) is 0 Å². The van der Waals surface area contributed by atoms with Crippen molar-refractivity contribution in [1.29, 1.82) is 0 Å². The Bertz CT molecular complexity index is 495. The molecule has 1 aromatic heterocycles. The number of methoxy groups -OCH3 is 1. The summed E-state index contributed by atoms with van der Waals surface area (Å²) in [6.07, 6.45) is 1.92. The van der Waals surface area contributed by atoms with Crippen molar-refractivity contribution in [3.05, 3.63) is 22.6 Å². The van der Waals surface area contributed by atoms with Crippen molar-refractivity contribution in [1.82, 2.24) is 10.2 Å². The molecule has 0 saturated carbocycles. The maximum Gasteiger partial charge on any atom is 0.287 e. The highest BCUT2D eigenvalue weighted by Gasteiger charge is 2.24. The predicted octanol–water partition coefficient (Wildman–Crippen LogP) is 1.80. The number of piperidine rings is 1. The van der Waals surface area contributed by atoms with Gasteiger partial charge in [-0.15, -0.1) is 0 Å². The van der Waals surface area contributed by atoms with Gasteiger partial charge in [0, 0.05) is 26.2 Å². The van der Waals surface area contributed by atoms with Crippen LogP contribution >= 0.6 is 15.9 Å². The van der Waals surface area contributed by atoms with Gasteiger partial charge in [0.05, 0.1) is 13.0 Å². The van der Waals surface area contributed by atoms with Crippen LogP contribution in [-0.4, -0.2) is 49.6 Å². The zero-order valence-corrected chi connectivity index (χ0v) is 13.5. The van der Waals surface area contributed by atoms with E-state index in [0.29, 0.717) is 36.5 Å². The number of nitrogens with one attached hydrogen (secondary N) is 1. The molecule has 7 heteroatoms. The molecule has 1 aliphatic heterocycles. The average molecular weight is 359 g/mol. The van der Waals surface area contributed by atoms with Crippen molar-refractivity contribution in [3.63, 3.8) is 0 Å². The second-order valence-corrected chi connectivity index (χ2v) is 5.76. The van der Waals surface area contributed by atoms with Gasteiger partial charge in [0.2, 0.25) is 5.91 Å². The van der Waals surface area contributed by atoms with Gasteiger partial charge in [0.15, 0.2) is 10.4 Å². The molecule has 1 fully saturated rings. The van der Waals surface area contributed by atoms with Crippen LogP contribution in [0.15, 0.2) is 21.2 Å². The summed E-state index contributed by atoms with van der Waals surface area (Å²) in [5.74, 6) is 0.182. The minimum absolute atomic E-state index is 0.0767. The SMILES string of the molecule is COCCC(=O)N1CCC(NC(=O)c2ccc(Br)o2)CC1. The number of likely N-dealkylation sites (tertiary alicyclic amines) is 1. The Kier molecular flexibility index (Phi) is 5.81. The summed E-state index contributed by atoms with van der Waals surface area (Å²) >= 11 is 3.17. The Balaban J connectivity index is 1.76. The lowest BCUT2D eigenvalue weighted by Gasteiger charge is -2.32. The molecule has 0 unspecified atom stereocenters. The summed E-state index contributed by atoms with van der Waals surface area (Å²) in [4.78, 5) is 25.6. The molecule has 0 aromatic carbocycles. The van der Waals surface area contributed by atoms with E-state index in [-0.39, 0.29) is 17.9 Å². The number of rotatable bonds is 5. The van der Waals surface area contributed by atoms with E-state index in [1.54, 1.807) is 19.2 Å². The lowest BCUT2D eigenvalue weighted by atomic mass is 10.0. The van der Waals surface area contributed by atoms with Crippen LogP contribution < -0.4 is 5.32 Å². The number of nitrogens with zero attached hydrogens (tertiary/aromatic N) is 1. The summed E-state index contributed by atoms with van der Waals surface area (Å²) in [5.41, 5.74) is 0. The lowest BCUT2D eigenvalue weighted by molar-refractivity contribution is -0.133. The van der Waals surface area contributed by atoms with Gasteiger partial charge in [0.25, 0.3) is 5.91 Å². The second kappa shape index (κ2) is 7.61. The maximum atomic E-state index is 12.0. The standard InChI is InChI=1S/C14H19BrN2O4/c1-20-9-6-13(18)17-7-4-10(5-8-17)16-14(19)11-2-3-12(15)21-11/h2-3,10H,4-9H2,1H3,(H,16,19).